The van der Waals surface area contributed by atoms with Gasteiger partial charge in [0, 0.05) is 23.6 Å². The third-order valence-electron chi connectivity index (χ3n) is 3.84. The Balaban J connectivity index is 2.40. The number of hydrogen-bond donors (Lipinski definition) is 1. The molecule has 1 heterocycles. The second kappa shape index (κ2) is 6.98. The van der Waals surface area contributed by atoms with Gasteiger partial charge in [-0.25, -0.2) is 9.97 Å². The number of aliphatic carboxylic acids is 1. The summed E-state index contributed by atoms with van der Waals surface area (Å²) >= 11 is 0. The van der Waals surface area contributed by atoms with Crippen LogP contribution in [-0.2, 0) is 28.8 Å². The standard InChI is InChI=1S/C16H24N2O3/c1-4-12-11(9-14(19)20)13(5-2)18-16(17-12)15(21-6-3)10-7-8-10/h10,15H,4-9H2,1-3H3,(H,19,20). The van der Waals surface area contributed by atoms with E-state index in [1.165, 1.54) is 0 Å². The van der Waals surface area contributed by atoms with Crippen molar-refractivity contribution in [3.63, 3.8) is 0 Å². The van der Waals surface area contributed by atoms with Crippen LogP contribution in [0.1, 0.15) is 62.5 Å². The van der Waals surface area contributed by atoms with Gasteiger partial charge in [-0.15, -0.1) is 0 Å². The topological polar surface area (TPSA) is 72.3 Å². The monoisotopic (exact) mass is 292 g/mol. The van der Waals surface area contributed by atoms with E-state index in [1.807, 2.05) is 20.8 Å². The molecule has 1 atom stereocenters. The zero-order valence-electron chi connectivity index (χ0n) is 13.1. The summed E-state index contributed by atoms with van der Waals surface area (Å²) in [4.78, 5) is 20.3. The highest BCUT2D eigenvalue weighted by Gasteiger charge is 2.35. The van der Waals surface area contributed by atoms with Gasteiger partial charge in [-0.05, 0) is 38.5 Å². The zero-order chi connectivity index (χ0) is 15.4. The number of aryl methyl sites for hydroxylation is 2. The van der Waals surface area contributed by atoms with Crippen LogP contribution in [0, 0.1) is 5.92 Å². The van der Waals surface area contributed by atoms with Gasteiger partial charge in [0.15, 0.2) is 5.82 Å². The number of nitrogens with zero attached hydrogens (tertiary/aromatic N) is 2. The van der Waals surface area contributed by atoms with Gasteiger partial charge in [0.2, 0.25) is 0 Å². The van der Waals surface area contributed by atoms with E-state index in [0.717, 1.165) is 35.6 Å². The number of carbonyl (C=O) groups is 1. The molecule has 0 aliphatic heterocycles. The lowest BCUT2D eigenvalue weighted by molar-refractivity contribution is -0.136. The van der Waals surface area contributed by atoms with E-state index >= 15 is 0 Å². The van der Waals surface area contributed by atoms with Crippen molar-refractivity contribution >= 4 is 5.97 Å². The maximum atomic E-state index is 11.1. The van der Waals surface area contributed by atoms with Crippen LogP contribution in [0.3, 0.4) is 0 Å². The van der Waals surface area contributed by atoms with E-state index in [4.69, 9.17) is 9.84 Å². The average molecular weight is 292 g/mol. The van der Waals surface area contributed by atoms with E-state index in [2.05, 4.69) is 9.97 Å². The van der Waals surface area contributed by atoms with Crippen LogP contribution in [0.4, 0.5) is 0 Å². The number of carboxylic acid groups (broad SMARTS) is 1. The first kappa shape index (κ1) is 15.9. The lowest BCUT2D eigenvalue weighted by atomic mass is 10.0. The Morgan fingerprint density at radius 3 is 2.19 bits per heavy atom. The van der Waals surface area contributed by atoms with Crippen molar-refractivity contribution in [2.75, 3.05) is 6.61 Å². The molecular formula is C16H24N2O3. The third kappa shape index (κ3) is 3.79. The van der Waals surface area contributed by atoms with Crippen molar-refractivity contribution in [3.8, 4) is 0 Å². The Hall–Kier alpha value is -1.49. The number of carboxylic acids is 1. The molecule has 0 aromatic carbocycles. The molecule has 1 aliphatic rings. The highest BCUT2D eigenvalue weighted by atomic mass is 16.5. The Kier molecular flexibility index (Phi) is 5.28. The summed E-state index contributed by atoms with van der Waals surface area (Å²) < 4.78 is 5.83. The smallest absolute Gasteiger partial charge is 0.307 e. The molecule has 1 N–H and O–H groups in total. The molecule has 0 spiro atoms. The molecule has 1 aliphatic carbocycles. The van der Waals surface area contributed by atoms with E-state index < -0.39 is 5.97 Å². The van der Waals surface area contributed by atoms with Gasteiger partial charge < -0.3 is 9.84 Å². The van der Waals surface area contributed by atoms with Gasteiger partial charge in [0.05, 0.1) is 6.42 Å². The fourth-order valence-corrected chi connectivity index (χ4v) is 2.67. The second-order valence-corrected chi connectivity index (χ2v) is 5.44. The summed E-state index contributed by atoms with van der Waals surface area (Å²) in [6.07, 6.45) is 3.71. The number of ether oxygens (including phenoxy) is 1. The molecule has 1 aromatic heterocycles. The lowest BCUT2D eigenvalue weighted by Crippen LogP contribution is -2.17. The van der Waals surface area contributed by atoms with Crippen molar-refractivity contribution in [2.45, 2.75) is 59.0 Å². The zero-order valence-corrected chi connectivity index (χ0v) is 13.1. The second-order valence-electron chi connectivity index (χ2n) is 5.44. The normalized spacial score (nSPS) is 16.0. The molecule has 0 saturated heterocycles. The van der Waals surface area contributed by atoms with Crippen LogP contribution in [-0.4, -0.2) is 27.7 Å². The van der Waals surface area contributed by atoms with Crippen LogP contribution < -0.4 is 0 Å². The molecular weight excluding hydrogens is 268 g/mol. The van der Waals surface area contributed by atoms with Gasteiger partial charge in [0.25, 0.3) is 0 Å². The van der Waals surface area contributed by atoms with Crippen molar-refractivity contribution in [3.05, 3.63) is 22.8 Å². The van der Waals surface area contributed by atoms with Crippen molar-refractivity contribution < 1.29 is 14.6 Å². The number of rotatable bonds is 8. The molecule has 2 rings (SSSR count). The van der Waals surface area contributed by atoms with E-state index in [-0.39, 0.29) is 12.5 Å². The number of hydrogen-bond acceptors (Lipinski definition) is 4. The molecule has 5 heteroatoms. The predicted molar refractivity (Wildman–Crippen MR) is 79.2 cm³/mol. The first-order valence-electron chi connectivity index (χ1n) is 7.82. The summed E-state index contributed by atoms with van der Waals surface area (Å²) in [5, 5.41) is 9.09. The fourth-order valence-electron chi connectivity index (χ4n) is 2.67. The first-order valence-corrected chi connectivity index (χ1v) is 7.82. The Morgan fingerprint density at radius 1 is 1.24 bits per heavy atom. The predicted octanol–water partition coefficient (Wildman–Crippen LogP) is 2.72. The molecule has 0 radical (unpaired) electrons. The quantitative estimate of drug-likeness (QED) is 0.797. The maximum Gasteiger partial charge on any atom is 0.307 e. The summed E-state index contributed by atoms with van der Waals surface area (Å²) in [7, 11) is 0. The summed E-state index contributed by atoms with van der Waals surface area (Å²) in [5.41, 5.74) is 2.48. The minimum absolute atomic E-state index is 0.00461. The van der Waals surface area contributed by atoms with Crippen LogP contribution >= 0.6 is 0 Å². The largest absolute Gasteiger partial charge is 0.481 e. The fraction of sp³-hybridized carbons (Fsp3) is 0.688. The molecule has 1 fully saturated rings. The molecule has 1 unspecified atom stereocenters. The summed E-state index contributed by atoms with van der Waals surface area (Å²) in [5.74, 6) is 0.422. The van der Waals surface area contributed by atoms with Gasteiger partial charge in [-0.2, -0.15) is 0 Å². The summed E-state index contributed by atoms with van der Waals surface area (Å²) in [6, 6.07) is 0. The highest BCUT2D eigenvalue weighted by molar-refractivity contribution is 5.71. The number of aromatic nitrogens is 2. The van der Waals surface area contributed by atoms with Crippen LogP contribution in [0.15, 0.2) is 0 Å². The minimum Gasteiger partial charge on any atom is -0.481 e. The molecule has 1 saturated carbocycles. The molecule has 1 aromatic rings. The van der Waals surface area contributed by atoms with Crippen LogP contribution in [0.2, 0.25) is 0 Å². The molecule has 0 bridgehead atoms. The van der Waals surface area contributed by atoms with E-state index in [0.29, 0.717) is 25.4 Å². The molecule has 5 nitrogen and oxygen atoms in total. The highest BCUT2D eigenvalue weighted by Crippen LogP contribution is 2.42. The Labute approximate surface area is 125 Å². The van der Waals surface area contributed by atoms with Gasteiger partial charge in [-0.1, -0.05) is 13.8 Å². The van der Waals surface area contributed by atoms with Crippen LogP contribution in [0.25, 0.3) is 0 Å². The van der Waals surface area contributed by atoms with E-state index in [9.17, 15) is 4.79 Å². The molecule has 0 amide bonds. The molecule has 116 valence electrons. The maximum absolute atomic E-state index is 11.1. The Morgan fingerprint density at radius 2 is 1.81 bits per heavy atom. The Bertz CT molecular complexity index is 487. The van der Waals surface area contributed by atoms with Crippen molar-refractivity contribution in [2.24, 2.45) is 5.92 Å². The van der Waals surface area contributed by atoms with Crippen LogP contribution in [0.5, 0.6) is 0 Å². The first-order chi connectivity index (χ1) is 10.1. The van der Waals surface area contributed by atoms with E-state index in [1.54, 1.807) is 0 Å². The van der Waals surface area contributed by atoms with Gasteiger partial charge in [-0.3, -0.25) is 4.79 Å². The molecule has 21 heavy (non-hydrogen) atoms. The minimum atomic E-state index is -0.834. The van der Waals surface area contributed by atoms with Crippen molar-refractivity contribution in [1.29, 1.82) is 0 Å². The summed E-state index contributed by atoms with van der Waals surface area (Å²) in [6.45, 7) is 6.63. The van der Waals surface area contributed by atoms with Gasteiger partial charge >= 0.3 is 5.97 Å². The lowest BCUT2D eigenvalue weighted by Gasteiger charge is -2.19. The SMILES string of the molecule is CCOC(c1nc(CC)c(CC(=O)O)c(CC)n1)C1CC1. The van der Waals surface area contributed by atoms with Gasteiger partial charge in [0.1, 0.15) is 6.10 Å². The third-order valence-corrected chi connectivity index (χ3v) is 3.84. The van der Waals surface area contributed by atoms with Crippen molar-refractivity contribution in [1.82, 2.24) is 9.97 Å². The average Bonchev–Trinajstić information content (AvgIpc) is 3.29.